The number of carbonyl (C=O) groups is 1. The number of rotatable bonds is 5. The highest BCUT2D eigenvalue weighted by atomic mass is 16.5. The van der Waals surface area contributed by atoms with E-state index < -0.39 is 6.04 Å². The van der Waals surface area contributed by atoms with E-state index in [4.69, 9.17) is 10.5 Å². The first-order chi connectivity index (χ1) is 10.5. The number of carbonyl (C=O) groups excluding carboxylic acids is 1. The van der Waals surface area contributed by atoms with Gasteiger partial charge in [-0.3, -0.25) is 4.79 Å². The molecule has 3 N–H and O–H groups in total. The van der Waals surface area contributed by atoms with Gasteiger partial charge >= 0.3 is 0 Å². The van der Waals surface area contributed by atoms with Gasteiger partial charge in [-0.2, -0.15) is 5.10 Å². The standard InChI is InChI=1S/C17H23N3O2/c1-4-11(2)16(18)17(21)20-19-10-14-9-13-7-5-6-8-15(13)22-12(14)3/h5-12,16H,4,18H2,1-3H3,(H,20,21). The highest BCUT2D eigenvalue weighted by molar-refractivity contribution is 5.90. The van der Waals surface area contributed by atoms with Crippen LogP contribution in [0.2, 0.25) is 0 Å². The molecule has 1 amide bonds. The third-order valence-corrected chi connectivity index (χ3v) is 3.96. The van der Waals surface area contributed by atoms with Crippen LogP contribution in [-0.2, 0) is 4.79 Å². The van der Waals surface area contributed by atoms with Crippen molar-refractivity contribution >= 4 is 18.2 Å². The SMILES string of the molecule is CCC(C)C(N)C(=O)NN=CC1=Cc2ccccc2OC1C. The molecule has 0 saturated carbocycles. The van der Waals surface area contributed by atoms with Crippen molar-refractivity contribution in [1.82, 2.24) is 5.43 Å². The van der Waals surface area contributed by atoms with Crippen molar-refractivity contribution in [2.75, 3.05) is 0 Å². The average Bonchev–Trinajstić information content (AvgIpc) is 2.53. The summed E-state index contributed by atoms with van der Waals surface area (Å²) in [7, 11) is 0. The Morgan fingerprint density at radius 1 is 1.50 bits per heavy atom. The Kier molecular flexibility index (Phi) is 5.33. The summed E-state index contributed by atoms with van der Waals surface area (Å²) >= 11 is 0. The Bertz CT molecular complexity index is 595. The molecule has 5 heteroatoms. The smallest absolute Gasteiger partial charge is 0.257 e. The first-order valence-corrected chi connectivity index (χ1v) is 7.58. The zero-order chi connectivity index (χ0) is 16.1. The van der Waals surface area contributed by atoms with Crippen LogP contribution in [0.4, 0.5) is 0 Å². The van der Waals surface area contributed by atoms with Crippen LogP contribution in [0.15, 0.2) is 34.9 Å². The molecule has 1 heterocycles. The second kappa shape index (κ2) is 7.22. The fourth-order valence-corrected chi connectivity index (χ4v) is 2.16. The molecule has 3 atom stereocenters. The van der Waals surface area contributed by atoms with Gasteiger partial charge in [0.25, 0.3) is 5.91 Å². The summed E-state index contributed by atoms with van der Waals surface area (Å²) in [6, 6.07) is 7.26. The summed E-state index contributed by atoms with van der Waals surface area (Å²) < 4.78 is 5.81. The first kappa shape index (κ1) is 16.2. The molecule has 0 aromatic heterocycles. The molecule has 1 aliphatic rings. The summed E-state index contributed by atoms with van der Waals surface area (Å²) in [6.45, 7) is 5.90. The van der Waals surface area contributed by atoms with Gasteiger partial charge in [0.05, 0.1) is 12.3 Å². The van der Waals surface area contributed by atoms with Gasteiger partial charge < -0.3 is 10.5 Å². The molecule has 22 heavy (non-hydrogen) atoms. The number of hydrogen-bond acceptors (Lipinski definition) is 4. The van der Waals surface area contributed by atoms with Crippen LogP contribution in [0.25, 0.3) is 6.08 Å². The molecule has 118 valence electrons. The van der Waals surface area contributed by atoms with E-state index in [0.717, 1.165) is 23.3 Å². The Morgan fingerprint density at radius 2 is 2.23 bits per heavy atom. The third kappa shape index (κ3) is 3.74. The lowest BCUT2D eigenvalue weighted by atomic mass is 10.00. The van der Waals surface area contributed by atoms with Crippen molar-refractivity contribution in [3.05, 3.63) is 35.4 Å². The Labute approximate surface area is 131 Å². The van der Waals surface area contributed by atoms with E-state index in [1.807, 2.05) is 51.1 Å². The largest absolute Gasteiger partial charge is 0.485 e. The van der Waals surface area contributed by atoms with Crippen LogP contribution in [0.3, 0.4) is 0 Å². The van der Waals surface area contributed by atoms with Gasteiger partial charge in [-0.05, 0) is 25.0 Å². The van der Waals surface area contributed by atoms with E-state index in [1.165, 1.54) is 0 Å². The topological polar surface area (TPSA) is 76.7 Å². The molecular formula is C17H23N3O2. The number of nitrogens with zero attached hydrogens (tertiary/aromatic N) is 1. The minimum atomic E-state index is -0.545. The normalized spacial score (nSPS) is 19.8. The maximum Gasteiger partial charge on any atom is 0.257 e. The number of nitrogens with two attached hydrogens (primary N) is 1. The fourth-order valence-electron chi connectivity index (χ4n) is 2.16. The number of fused-ring (bicyclic) bond motifs is 1. The number of nitrogens with one attached hydrogen (secondary N) is 1. The van der Waals surface area contributed by atoms with Gasteiger partial charge in [-0.1, -0.05) is 38.5 Å². The number of benzene rings is 1. The van der Waals surface area contributed by atoms with E-state index >= 15 is 0 Å². The van der Waals surface area contributed by atoms with Gasteiger partial charge in [0.15, 0.2) is 0 Å². The summed E-state index contributed by atoms with van der Waals surface area (Å²) in [6.07, 6.45) is 4.36. The summed E-state index contributed by atoms with van der Waals surface area (Å²) in [5, 5.41) is 4.00. The minimum absolute atomic E-state index is 0.112. The lowest BCUT2D eigenvalue weighted by Crippen LogP contribution is -2.42. The fraction of sp³-hybridized carbons (Fsp3) is 0.412. The van der Waals surface area contributed by atoms with Crippen LogP contribution >= 0.6 is 0 Å². The zero-order valence-corrected chi connectivity index (χ0v) is 13.2. The van der Waals surface area contributed by atoms with Crippen LogP contribution in [0, 0.1) is 5.92 Å². The highest BCUT2D eigenvalue weighted by Crippen LogP contribution is 2.28. The molecule has 3 unspecified atom stereocenters. The van der Waals surface area contributed by atoms with Crippen molar-refractivity contribution < 1.29 is 9.53 Å². The number of hydrogen-bond donors (Lipinski definition) is 2. The van der Waals surface area contributed by atoms with Crippen LogP contribution < -0.4 is 15.9 Å². The minimum Gasteiger partial charge on any atom is -0.485 e. The van der Waals surface area contributed by atoms with Crippen molar-refractivity contribution in [3.63, 3.8) is 0 Å². The summed E-state index contributed by atoms with van der Waals surface area (Å²) in [4.78, 5) is 11.9. The van der Waals surface area contributed by atoms with Gasteiger partial charge in [0.2, 0.25) is 0 Å². The van der Waals surface area contributed by atoms with Crippen molar-refractivity contribution in [2.24, 2.45) is 16.8 Å². The monoisotopic (exact) mass is 301 g/mol. The number of para-hydroxylation sites is 1. The molecule has 1 aliphatic heterocycles. The Morgan fingerprint density at radius 3 is 2.95 bits per heavy atom. The van der Waals surface area contributed by atoms with Crippen LogP contribution in [-0.4, -0.2) is 24.3 Å². The molecule has 5 nitrogen and oxygen atoms in total. The lowest BCUT2D eigenvalue weighted by Gasteiger charge is -2.22. The van der Waals surface area contributed by atoms with Crippen LogP contribution in [0.1, 0.15) is 32.8 Å². The van der Waals surface area contributed by atoms with E-state index in [1.54, 1.807) is 6.21 Å². The Balaban J connectivity index is 2.01. The molecule has 0 radical (unpaired) electrons. The predicted molar refractivity (Wildman–Crippen MR) is 88.6 cm³/mol. The molecule has 0 spiro atoms. The second-order valence-corrected chi connectivity index (χ2v) is 5.59. The van der Waals surface area contributed by atoms with Gasteiger partial charge in [0, 0.05) is 11.1 Å². The summed E-state index contributed by atoms with van der Waals surface area (Å²) in [5.41, 5.74) is 10.3. The maximum absolute atomic E-state index is 11.9. The van der Waals surface area contributed by atoms with Gasteiger partial charge in [-0.15, -0.1) is 0 Å². The van der Waals surface area contributed by atoms with E-state index in [0.29, 0.717) is 0 Å². The van der Waals surface area contributed by atoms with Crippen LogP contribution in [0.5, 0.6) is 5.75 Å². The third-order valence-electron chi connectivity index (χ3n) is 3.96. The van der Waals surface area contributed by atoms with E-state index in [9.17, 15) is 4.79 Å². The van der Waals surface area contributed by atoms with Crippen molar-refractivity contribution in [1.29, 1.82) is 0 Å². The average molecular weight is 301 g/mol. The first-order valence-electron chi connectivity index (χ1n) is 7.58. The molecule has 0 saturated heterocycles. The molecular weight excluding hydrogens is 278 g/mol. The quantitative estimate of drug-likeness (QED) is 0.647. The molecule has 1 aromatic rings. The van der Waals surface area contributed by atoms with Crippen molar-refractivity contribution in [3.8, 4) is 5.75 Å². The molecule has 0 bridgehead atoms. The predicted octanol–water partition coefficient (Wildman–Crippen LogP) is 2.33. The second-order valence-electron chi connectivity index (χ2n) is 5.59. The number of hydrazone groups is 1. The maximum atomic E-state index is 11.9. The lowest BCUT2D eigenvalue weighted by molar-refractivity contribution is -0.123. The number of ether oxygens (including phenoxy) is 1. The van der Waals surface area contributed by atoms with Gasteiger partial charge in [-0.25, -0.2) is 5.43 Å². The highest BCUT2D eigenvalue weighted by Gasteiger charge is 2.19. The molecule has 2 rings (SSSR count). The zero-order valence-electron chi connectivity index (χ0n) is 13.2. The Hall–Kier alpha value is -2.14. The van der Waals surface area contributed by atoms with Gasteiger partial charge in [0.1, 0.15) is 11.9 Å². The number of amides is 1. The van der Waals surface area contributed by atoms with E-state index in [-0.39, 0.29) is 17.9 Å². The molecule has 0 fully saturated rings. The summed E-state index contributed by atoms with van der Waals surface area (Å²) in [5.74, 6) is 0.712. The van der Waals surface area contributed by atoms with E-state index in [2.05, 4.69) is 10.5 Å². The molecule has 1 aromatic carbocycles. The molecule has 0 aliphatic carbocycles. The van der Waals surface area contributed by atoms with Crippen molar-refractivity contribution in [2.45, 2.75) is 39.3 Å².